The highest BCUT2D eigenvalue weighted by Crippen LogP contribution is 2.51. The molecule has 156 valence electrons. The number of fused-ring (bicyclic) bond motifs is 3. The third-order valence-corrected chi connectivity index (χ3v) is 8.27. The highest BCUT2D eigenvalue weighted by molar-refractivity contribution is 8.00. The number of nitrogens with zero attached hydrogens (tertiary/aromatic N) is 4. The van der Waals surface area contributed by atoms with Crippen LogP contribution in [0.25, 0.3) is 31.0 Å². The fraction of sp³-hybridized carbons (Fsp3) is 0.0455. The molecule has 0 fully saturated rings. The maximum Gasteiger partial charge on any atom is 0.191 e. The molecule has 2 aromatic heterocycles. The Kier molecular flexibility index (Phi) is 4.40. The van der Waals surface area contributed by atoms with Crippen LogP contribution in [0.4, 0.5) is 24.0 Å². The van der Waals surface area contributed by atoms with Crippen LogP contribution in [-0.4, -0.2) is 15.8 Å². The summed E-state index contributed by atoms with van der Waals surface area (Å²) in [6.45, 7) is 0. The second-order valence-corrected chi connectivity index (χ2v) is 9.94. The molecule has 0 N–H and O–H groups in total. The molecular weight excluding hydrogens is 473 g/mol. The first-order chi connectivity index (χ1) is 15.6. The van der Waals surface area contributed by atoms with Crippen LogP contribution < -0.4 is 4.90 Å². The molecular formula is C22H9F3N4S3. The molecule has 0 unspecified atom stereocenters. The Balaban J connectivity index is 1.56. The molecule has 4 nitrogen and oxygen atoms in total. The standard InChI is InChI=1S/C22H9F3N4S3/c23-15-14(21-27-11-5-1-2-6-12(11)31-21)16(24)19-20(17(15)25)30-9-29(19)22-28-18-10(8-26)4-3-7-13(18)32-22/h1-7H,9H2. The monoisotopic (exact) mass is 482 g/mol. The number of benzene rings is 3. The van der Waals surface area contributed by atoms with E-state index in [1.807, 2.05) is 6.07 Å². The summed E-state index contributed by atoms with van der Waals surface area (Å²) >= 11 is 3.38. The van der Waals surface area contributed by atoms with Gasteiger partial charge < -0.3 is 4.90 Å². The molecule has 0 amide bonds. The predicted octanol–water partition coefficient (Wildman–Crippen LogP) is 7.06. The van der Waals surface area contributed by atoms with Crippen molar-refractivity contribution in [2.24, 2.45) is 0 Å². The minimum atomic E-state index is -1.24. The molecule has 1 aliphatic rings. The van der Waals surface area contributed by atoms with Crippen molar-refractivity contribution in [2.75, 3.05) is 10.8 Å². The zero-order valence-corrected chi connectivity index (χ0v) is 18.3. The maximum absolute atomic E-state index is 15.8. The minimum Gasteiger partial charge on any atom is -0.304 e. The molecule has 0 aliphatic carbocycles. The SMILES string of the molecule is N#Cc1cccc2sc(N3CSc4c(F)c(F)c(-c5nc6ccccc6s5)c(F)c43)nc12. The smallest absolute Gasteiger partial charge is 0.191 e. The molecule has 0 spiro atoms. The third kappa shape index (κ3) is 2.75. The zero-order valence-electron chi connectivity index (χ0n) is 15.9. The predicted molar refractivity (Wildman–Crippen MR) is 122 cm³/mol. The van der Waals surface area contributed by atoms with E-state index in [1.165, 1.54) is 16.2 Å². The van der Waals surface area contributed by atoms with Crippen LogP contribution in [0.5, 0.6) is 0 Å². The summed E-state index contributed by atoms with van der Waals surface area (Å²) < 4.78 is 47.3. The van der Waals surface area contributed by atoms with E-state index < -0.39 is 23.0 Å². The molecule has 3 heterocycles. The van der Waals surface area contributed by atoms with E-state index in [0.29, 0.717) is 21.7 Å². The van der Waals surface area contributed by atoms with E-state index >= 15 is 8.78 Å². The molecule has 0 saturated heterocycles. The lowest BCUT2D eigenvalue weighted by Crippen LogP contribution is -2.14. The number of aromatic nitrogens is 2. The number of hydrogen-bond donors (Lipinski definition) is 0. The zero-order chi connectivity index (χ0) is 22.0. The van der Waals surface area contributed by atoms with Crippen molar-refractivity contribution in [2.45, 2.75) is 4.90 Å². The van der Waals surface area contributed by atoms with E-state index in [-0.39, 0.29) is 21.5 Å². The molecule has 10 heteroatoms. The molecule has 0 bridgehead atoms. The van der Waals surface area contributed by atoms with Gasteiger partial charge in [-0.25, -0.2) is 23.1 Å². The second-order valence-electron chi connectivity index (χ2n) is 6.94. The van der Waals surface area contributed by atoms with Crippen molar-refractivity contribution in [3.63, 3.8) is 0 Å². The number of hydrogen-bond acceptors (Lipinski definition) is 7. The largest absolute Gasteiger partial charge is 0.304 e. The van der Waals surface area contributed by atoms with Gasteiger partial charge in [-0.15, -0.1) is 11.3 Å². The number of anilines is 2. The summed E-state index contributed by atoms with van der Waals surface area (Å²) in [5.74, 6) is -3.04. The lowest BCUT2D eigenvalue weighted by molar-refractivity contribution is 0.483. The Bertz CT molecular complexity index is 1570. The van der Waals surface area contributed by atoms with Crippen molar-refractivity contribution >= 4 is 65.7 Å². The van der Waals surface area contributed by atoms with Crippen molar-refractivity contribution in [1.29, 1.82) is 5.26 Å². The van der Waals surface area contributed by atoms with E-state index in [9.17, 15) is 9.65 Å². The second kappa shape index (κ2) is 7.20. The van der Waals surface area contributed by atoms with Gasteiger partial charge in [0.1, 0.15) is 16.6 Å². The van der Waals surface area contributed by atoms with Gasteiger partial charge in [0.05, 0.1) is 42.5 Å². The fourth-order valence-corrected chi connectivity index (χ4v) is 6.80. The summed E-state index contributed by atoms with van der Waals surface area (Å²) in [4.78, 5) is 10.3. The number of para-hydroxylation sites is 2. The third-order valence-electron chi connectivity index (χ3n) is 5.13. The number of nitriles is 1. The van der Waals surface area contributed by atoms with Gasteiger partial charge in [0, 0.05) is 0 Å². The highest BCUT2D eigenvalue weighted by atomic mass is 32.2. The lowest BCUT2D eigenvalue weighted by Gasteiger charge is -2.17. The first kappa shape index (κ1) is 19.5. The average molecular weight is 483 g/mol. The summed E-state index contributed by atoms with van der Waals surface area (Å²) in [5, 5.41) is 9.83. The maximum atomic E-state index is 15.8. The van der Waals surface area contributed by atoms with Crippen LogP contribution in [0.15, 0.2) is 47.4 Å². The number of rotatable bonds is 2. The van der Waals surface area contributed by atoms with Crippen molar-refractivity contribution in [3.8, 4) is 16.6 Å². The van der Waals surface area contributed by atoms with E-state index in [0.717, 1.165) is 32.5 Å². The Labute approximate surface area is 191 Å². The Morgan fingerprint density at radius 3 is 2.53 bits per heavy atom. The van der Waals surface area contributed by atoms with Crippen LogP contribution in [0.1, 0.15) is 5.56 Å². The normalized spacial score (nSPS) is 13.1. The topological polar surface area (TPSA) is 52.8 Å². The molecule has 1 aliphatic heterocycles. The van der Waals surface area contributed by atoms with E-state index in [2.05, 4.69) is 16.0 Å². The molecule has 0 saturated carbocycles. The molecule has 0 radical (unpaired) electrons. The van der Waals surface area contributed by atoms with Crippen LogP contribution >= 0.6 is 34.4 Å². The van der Waals surface area contributed by atoms with Crippen molar-refractivity contribution < 1.29 is 13.2 Å². The van der Waals surface area contributed by atoms with Gasteiger partial charge in [0.25, 0.3) is 0 Å². The first-order valence-electron chi connectivity index (χ1n) is 9.33. The Hall–Kier alpha value is -3.13. The molecule has 5 aromatic rings. The quantitative estimate of drug-likeness (QED) is 0.252. The first-order valence-corrected chi connectivity index (χ1v) is 11.9. The summed E-state index contributed by atoms with van der Waals surface area (Å²) in [7, 11) is 0. The summed E-state index contributed by atoms with van der Waals surface area (Å²) in [5.41, 5.74) is 0.962. The van der Waals surface area contributed by atoms with Crippen LogP contribution in [0.3, 0.4) is 0 Å². The van der Waals surface area contributed by atoms with Crippen molar-refractivity contribution in [3.05, 3.63) is 65.5 Å². The number of thioether (sulfide) groups is 1. The Morgan fingerprint density at radius 1 is 0.906 bits per heavy atom. The summed E-state index contributed by atoms with van der Waals surface area (Å²) in [6.07, 6.45) is 0. The number of halogens is 3. The van der Waals surface area contributed by atoms with Crippen LogP contribution in [0.2, 0.25) is 0 Å². The van der Waals surface area contributed by atoms with Gasteiger partial charge >= 0.3 is 0 Å². The summed E-state index contributed by atoms with van der Waals surface area (Å²) in [6, 6.07) is 14.4. The van der Waals surface area contributed by atoms with Gasteiger partial charge in [-0.1, -0.05) is 41.3 Å². The molecule has 32 heavy (non-hydrogen) atoms. The minimum absolute atomic E-state index is 0.0549. The highest BCUT2D eigenvalue weighted by Gasteiger charge is 2.36. The van der Waals surface area contributed by atoms with Gasteiger partial charge in [-0.05, 0) is 24.3 Å². The lowest BCUT2D eigenvalue weighted by atomic mass is 10.1. The van der Waals surface area contributed by atoms with Crippen molar-refractivity contribution in [1.82, 2.24) is 9.97 Å². The fourth-order valence-electron chi connectivity index (χ4n) is 3.65. The average Bonchev–Trinajstić information content (AvgIpc) is 3.52. The van der Waals surface area contributed by atoms with Gasteiger partial charge in [0.2, 0.25) is 0 Å². The van der Waals surface area contributed by atoms with Crippen LogP contribution in [-0.2, 0) is 0 Å². The molecule has 6 rings (SSSR count). The van der Waals surface area contributed by atoms with E-state index in [4.69, 9.17) is 0 Å². The van der Waals surface area contributed by atoms with Crippen LogP contribution in [0, 0.1) is 28.8 Å². The molecule has 3 aromatic carbocycles. The van der Waals surface area contributed by atoms with Gasteiger partial charge in [-0.2, -0.15) is 5.26 Å². The number of thiazole rings is 2. The Morgan fingerprint density at radius 2 is 1.72 bits per heavy atom. The van der Waals surface area contributed by atoms with Gasteiger partial charge in [0.15, 0.2) is 22.6 Å². The van der Waals surface area contributed by atoms with E-state index in [1.54, 1.807) is 36.4 Å². The molecule has 0 atom stereocenters. The van der Waals surface area contributed by atoms with Gasteiger partial charge in [-0.3, -0.25) is 0 Å².